The first-order chi connectivity index (χ1) is 37.0. The lowest BCUT2D eigenvalue weighted by molar-refractivity contribution is 0.591. The van der Waals surface area contributed by atoms with Crippen LogP contribution in [0, 0.1) is 0 Å². The van der Waals surface area contributed by atoms with Crippen LogP contribution in [0.1, 0.15) is 17.7 Å². The summed E-state index contributed by atoms with van der Waals surface area (Å²) >= 11 is 0. The summed E-state index contributed by atoms with van der Waals surface area (Å²) in [4.78, 5) is 0. The van der Waals surface area contributed by atoms with Crippen LogP contribution >= 0.6 is 14.3 Å². The van der Waals surface area contributed by atoms with Crippen molar-refractivity contribution in [2.24, 2.45) is 0 Å². The molecule has 0 saturated carbocycles. The van der Waals surface area contributed by atoms with E-state index in [1.54, 1.807) is 0 Å². The van der Waals surface area contributed by atoms with E-state index < -0.39 is 14.3 Å². The smallest absolute Gasteiger partial charge is 0.171 e. The SMILES string of the molecule is O=P(c1ccccc1)(c1cccc(-n2c3c(c4ccccc42)C=CCC=C3)c1)c1ccc2ccccc2c1-c1c(P(=O)(c2ccccc2)c2cccc(-n3c4ccccc4c4ccccc43)c2)ccc2ccccc12. The molecular weight excluding hydrogens is 951 g/mol. The van der Waals surface area contributed by atoms with Gasteiger partial charge in [0.1, 0.15) is 0 Å². The van der Waals surface area contributed by atoms with Crippen molar-refractivity contribution in [1.29, 1.82) is 0 Å². The first kappa shape index (κ1) is 44.9. The van der Waals surface area contributed by atoms with Gasteiger partial charge >= 0.3 is 0 Å². The maximum Gasteiger partial charge on any atom is 0.171 e. The normalized spacial score (nSPS) is 14.0. The Bertz CT molecular complexity index is 4530. The third-order valence-electron chi connectivity index (χ3n) is 15.2. The minimum atomic E-state index is -3.83. The molecule has 2 aromatic heterocycles. The van der Waals surface area contributed by atoms with E-state index in [4.69, 9.17) is 0 Å². The minimum Gasteiger partial charge on any atom is -0.309 e. The van der Waals surface area contributed by atoms with E-state index in [9.17, 15) is 0 Å². The van der Waals surface area contributed by atoms with Gasteiger partial charge in [-0.1, -0.05) is 218 Å². The molecule has 2 heterocycles. The molecule has 6 heteroatoms. The van der Waals surface area contributed by atoms with E-state index in [0.717, 1.165) is 88.9 Å². The van der Waals surface area contributed by atoms with Crippen LogP contribution in [0.25, 0.3) is 88.9 Å². The van der Waals surface area contributed by atoms with Crippen LogP contribution in [0.4, 0.5) is 0 Å². The van der Waals surface area contributed by atoms with Gasteiger partial charge in [0.25, 0.3) is 0 Å². The minimum absolute atomic E-state index is 0.680. The molecule has 4 nitrogen and oxygen atoms in total. The molecule has 1 aliphatic rings. The summed E-state index contributed by atoms with van der Waals surface area (Å²) in [7, 11) is -7.66. The number of para-hydroxylation sites is 3. The molecule has 0 fully saturated rings. The third-order valence-corrected chi connectivity index (χ3v) is 21.4. The van der Waals surface area contributed by atoms with Crippen LogP contribution in [-0.2, 0) is 9.13 Å². The van der Waals surface area contributed by atoms with Crippen molar-refractivity contribution in [1.82, 2.24) is 9.13 Å². The van der Waals surface area contributed by atoms with Crippen molar-refractivity contribution in [3.63, 3.8) is 0 Å². The molecule has 0 saturated heterocycles. The van der Waals surface area contributed by atoms with Gasteiger partial charge in [0.15, 0.2) is 14.3 Å². The highest BCUT2D eigenvalue weighted by molar-refractivity contribution is 7.86. The van der Waals surface area contributed by atoms with Gasteiger partial charge in [-0.25, -0.2) is 0 Å². The second-order valence-electron chi connectivity index (χ2n) is 19.4. The largest absolute Gasteiger partial charge is 0.309 e. The van der Waals surface area contributed by atoms with Crippen molar-refractivity contribution >= 4 is 113 Å². The van der Waals surface area contributed by atoms with E-state index >= 15 is 9.13 Å². The average Bonchev–Trinajstić information content (AvgIpc) is 3.87. The lowest BCUT2D eigenvalue weighted by atomic mass is 9.93. The fourth-order valence-corrected chi connectivity index (χ4v) is 17.7. The van der Waals surface area contributed by atoms with Gasteiger partial charge in [0.05, 0.1) is 22.2 Å². The monoisotopic (exact) mass is 998 g/mol. The average molecular weight is 999 g/mol. The Balaban J connectivity index is 1.07. The van der Waals surface area contributed by atoms with Crippen molar-refractivity contribution in [2.75, 3.05) is 0 Å². The van der Waals surface area contributed by atoms with Crippen LogP contribution in [-0.4, -0.2) is 9.13 Å². The third kappa shape index (κ3) is 7.05. The Kier molecular flexibility index (Phi) is 10.8. The second kappa shape index (κ2) is 18.0. The Labute approximate surface area is 435 Å². The summed E-state index contributed by atoms with van der Waals surface area (Å²) in [5.74, 6) is 0. The zero-order valence-electron chi connectivity index (χ0n) is 40.9. The number of nitrogens with zero attached hydrogens (tertiary/aromatic N) is 2. The molecule has 1 aliphatic carbocycles. The molecule has 2 atom stereocenters. The van der Waals surface area contributed by atoms with Gasteiger partial charge in [0.2, 0.25) is 0 Å². The summed E-state index contributed by atoms with van der Waals surface area (Å²) in [5.41, 5.74) is 8.93. The molecule has 2 unspecified atom stereocenters. The van der Waals surface area contributed by atoms with E-state index in [1.165, 1.54) is 5.56 Å². The molecule has 0 aliphatic heterocycles. The number of aromatic nitrogens is 2. The zero-order chi connectivity index (χ0) is 50.1. The van der Waals surface area contributed by atoms with E-state index in [0.29, 0.717) is 31.8 Å². The highest BCUT2D eigenvalue weighted by Gasteiger charge is 2.39. The van der Waals surface area contributed by atoms with Gasteiger partial charge in [-0.2, -0.15) is 0 Å². The van der Waals surface area contributed by atoms with E-state index in [1.807, 2.05) is 78.9 Å². The van der Waals surface area contributed by atoms with Gasteiger partial charge in [-0.05, 0) is 88.6 Å². The second-order valence-corrected chi connectivity index (χ2v) is 24.8. The summed E-state index contributed by atoms with van der Waals surface area (Å²) in [6.45, 7) is 0. The predicted octanol–water partition coefficient (Wildman–Crippen LogP) is 15.4. The van der Waals surface area contributed by atoms with Crippen LogP contribution in [0.2, 0.25) is 0 Å². The van der Waals surface area contributed by atoms with Gasteiger partial charge in [-0.3, -0.25) is 0 Å². The van der Waals surface area contributed by atoms with Gasteiger partial charge in [-0.15, -0.1) is 0 Å². The van der Waals surface area contributed by atoms with Crippen LogP contribution < -0.4 is 31.8 Å². The molecule has 75 heavy (non-hydrogen) atoms. The molecule has 13 aromatic rings. The molecule has 0 amide bonds. The lowest BCUT2D eigenvalue weighted by Gasteiger charge is -2.29. The van der Waals surface area contributed by atoms with Gasteiger partial charge < -0.3 is 18.3 Å². The standard InChI is InChI=1S/C69H48N2O2P2/c72-74(52-26-4-1-5-27-52,54-30-20-24-50(46-54)70-62-38-9-3-8-34-58(62)59-35-14-17-39-63(59)70)66-44-42-48-22-10-12-32-56(48)68(66)69-57-33-13-11-23-49(57)43-45-67(69)75(73,53-28-6-2-7-29-53)55-31-21-25-51(47-55)71-64-40-18-15-36-60(64)61-37-16-19-41-65(61)71/h1-2,4-47H,3H2. The molecular formula is C69H48N2O2P2. The first-order valence-electron chi connectivity index (χ1n) is 25.5. The number of hydrogen-bond donors (Lipinski definition) is 0. The summed E-state index contributed by atoms with van der Waals surface area (Å²) in [6.07, 6.45) is 9.70. The van der Waals surface area contributed by atoms with Crippen molar-refractivity contribution in [3.8, 4) is 22.5 Å². The predicted molar refractivity (Wildman–Crippen MR) is 320 cm³/mol. The topological polar surface area (TPSA) is 44.0 Å². The first-order valence-corrected chi connectivity index (χ1v) is 28.9. The molecule has 0 radical (unpaired) electrons. The number of rotatable bonds is 9. The number of fused-ring (bicyclic) bond motifs is 8. The lowest BCUT2D eigenvalue weighted by Crippen LogP contribution is -2.30. The molecule has 0 N–H and O–H groups in total. The maximum absolute atomic E-state index is 17.7. The van der Waals surface area contributed by atoms with Crippen molar-refractivity contribution < 1.29 is 9.13 Å². The van der Waals surface area contributed by atoms with Crippen molar-refractivity contribution in [2.45, 2.75) is 6.42 Å². The van der Waals surface area contributed by atoms with Crippen molar-refractivity contribution in [3.05, 3.63) is 278 Å². The fraction of sp³-hybridized carbons (Fsp3) is 0.0145. The van der Waals surface area contributed by atoms with E-state index in [-0.39, 0.29) is 0 Å². The highest BCUT2D eigenvalue weighted by Crippen LogP contribution is 2.52. The summed E-state index contributed by atoms with van der Waals surface area (Å²) in [6, 6.07) is 87.3. The molecule has 0 spiro atoms. The van der Waals surface area contributed by atoms with Crippen LogP contribution in [0.15, 0.2) is 267 Å². The Hall–Kier alpha value is -8.78. The summed E-state index contributed by atoms with van der Waals surface area (Å²) < 4.78 is 40.0. The van der Waals surface area contributed by atoms with Crippen LogP contribution in [0.3, 0.4) is 0 Å². The molecule has 356 valence electrons. The Morgan fingerprint density at radius 2 is 0.720 bits per heavy atom. The molecule has 14 rings (SSSR count). The molecule has 0 bridgehead atoms. The maximum atomic E-state index is 17.7. The number of benzene rings is 11. The summed E-state index contributed by atoms with van der Waals surface area (Å²) in [5, 5.41) is 11.5. The van der Waals surface area contributed by atoms with E-state index in [2.05, 4.69) is 209 Å². The van der Waals surface area contributed by atoms with Crippen LogP contribution in [0.5, 0.6) is 0 Å². The number of allylic oxidation sites excluding steroid dienone is 2. The fourth-order valence-electron chi connectivity index (χ4n) is 11.9. The quantitative estimate of drug-likeness (QED) is 0.135. The number of hydrogen-bond acceptors (Lipinski definition) is 2. The molecule has 11 aromatic carbocycles. The Morgan fingerprint density at radius 1 is 0.320 bits per heavy atom. The van der Waals surface area contributed by atoms with Gasteiger partial charge in [0, 0.05) is 76.1 Å². The Morgan fingerprint density at radius 3 is 1.24 bits per heavy atom. The highest BCUT2D eigenvalue weighted by atomic mass is 31.2. The zero-order valence-corrected chi connectivity index (χ0v) is 42.7.